The molecule has 0 atom stereocenters. The fourth-order valence-corrected chi connectivity index (χ4v) is 4.80. The molecule has 32 heavy (non-hydrogen) atoms. The first-order valence-corrected chi connectivity index (χ1v) is 12.5. The number of nitrogens with zero attached hydrogens (tertiary/aromatic N) is 2. The molecule has 166 valence electrons. The second-order valence-electron chi connectivity index (χ2n) is 8.30. The molecule has 0 radical (unpaired) electrons. The van der Waals surface area contributed by atoms with E-state index in [0.717, 1.165) is 34.4 Å². The van der Waals surface area contributed by atoms with Crippen molar-refractivity contribution >= 4 is 38.9 Å². The summed E-state index contributed by atoms with van der Waals surface area (Å²) >= 11 is 0. The number of likely N-dealkylation sites (N-methyl/N-ethyl adjacent to an activating group) is 1. The van der Waals surface area contributed by atoms with E-state index in [2.05, 4.69) is 97.0 Å². The van der Waals surface area contributed by atoms with Crippen LogP contribution in [0.3, 0.4) is 0 Å². The van der Waals surface area contributed by atoms with Crippen LogP contribution in [0, 0.1) is 13.8 Å². The number of anilines is 1. The molecule has 2 aromatic carbocycles. The Labute approximate surface area is 190 Å². The SMILES string of the molecule is CCN1/C(=C/c2ccc3cc(C)ccc3[n+]2CCCS(=O)(=O)[O-])C=Cc2cc(C)ccc21. The highest BCUT2D eigenvalue weighted by atomic mass is 32.2. The maximum Gasteiger partial charge on any atom is 0.212 e. The van der Waals surface area contributed by atoms with E-state index in [9.17, 15) is 13.0 Å². The van der Waals surface area contributed by atoms with Crippen LogP contribution in [-0.4, -0.2) is 25.3 Å². The topological polar surface area (TPSA) is 64.3 Å². The van der Waals surface area contributed by atoms with Gasteiger partial charge in [-0.3, -0.25) is 0 Å². The highest BCUT2D eigenvalue weighted by Gasteiger charge is 2.20. The van der Waals surface area contributed by atoms with Gasteiger partial charge in [-0.25, -0.2) is 8.42 Å². The monoisotopic (exact) mass is 448 g/mol. The molecule has 0 N–H and O–H groups in total. The maximum atomic E-state index is 11.2. The number of fused-ring (bicyclic) bond motifs is 2. The van der Waals surface area contributed by atoms with Crippen LogP contribution in [0.25, 0.3) is 23.1 Å². The second-order valence-corrected chi connectivity index (χ2v) is 9.82. The highest BCUT2D eigenvalue weighted by Crippen LogP contribution is 2.32. The zero-order valence-electron chi connectivity index (χ0n) is 18.7. The van der Waals surface area contributed by atoms with Gasteiger partial charge in [0.15, 0.2) is 6.54 Å². The van der Waals surface area contributed by atoms with Gasteiger partial charge < -0.3 is 9.45 Å². The molecule has 0 bridgehead atoms. The van der Waals surface area contributed by atoms with Crippen LogP contribution in [0.5, 0.6) is 0 Å². The van der Waals surface area contributed by atoms with Crippen LogP contribution < -0.4 is 9.47 Å². The number of hydrogen-bond acceptors (Lipinski definition) is 4. The fraction of sp³-hybridized carbons (Fsp3) is 0.269. The van der Waals surface area contributed by atoms with Gasteiger partial charge in [0.2, 0.25) is 11.2 Å². The zero-order valence-corrected chi connectivity index (χ0v) is 19.5. The Morgan fingerprint density at radius 3 is 2.50 bits per heavy atom. The Bertz CT molecular complexity index is 1340. The van der Waals surface area contributed by atoms with Crippen molar-refractivity contribution in [1.29, 1.82) is 0 Å². The lowest BCUT2D eigenvalue weighted by atomic mass is 10.0. The molecule has 0 unspecified atom stereocenters. The van der Waals surface area contributed by atoms with Crippen molar-refractivity contribution < 1.29 is 17.5 Å². The molecule has 3 aromatic rings. The zero-order chi connectivity index (χ0) is 22.9. The minimum Gasteiger partial charge on any atom is -0.748 e. The molecule has 1 aromatic heterocycles. The predicted octanol–water partition coefficient (Wildman–Crippen LogP) is 4.57. The van der Waals surface area contributed by atoms with Crippen LogP contribution in [0.1, 0.15) is 35.7 Å². The molecule has 0 fully saturated rings. The summed E-state index contributed by atoms with van der Waals surface area (Å²) in [5.74, 6) is -0.369. The number of hydrogen-bond donors (Lipinski definition) is 0. The Morgan fingerprint density at radius 2 is 1.75 bits per heavy atom. The third-order valence-corrected chi connectivity index (χ3v) is 6.62. The molecule has 5 nitrogen and oxygen atoms in total. The van der Waals surface area contributed by atoms with Gasteiger partial charge in [-0.1, -0.05) is 29.3 Å². The quantitative estimate of drug-likeness (QED) is 0.409. The number of aromatic nitrogens is 1. The van der Waals surface area contributed by atoms with E-state index in [-0.39, 0.29) is 12.2 Å². The maximum absolute atomic E-state index is 11.2. The summed E-state index contributed by atoms with van der Waals surface area (Å²) in [7, 11) is -4.24. The Morgan fingerprint density at radius 1 is 1.00 bits per heavy atom. The molecule has 1 aliphatic heterocycles. The van der Waals surface area contributed by atoms with Gasteiger partial charge in [-0.2, -0.15) is 4.57 Å². The van der Waals surface area contributed by atoms with E-state index >= 15 is 0 Å². The molecule has 0 saturated carbocycles. The lowest BCUT2D eigenvalue weighted by Gasteiger charge is -2.29. The van der Waals surface area contributed by atoms with E-state index in [1.54, 1.807) is 0 Å². The Hall–Kier alpha value is -2.96. The van der Waals surface area contributed by atoms with E-state index in [4.69, 9.17) is 0 Å². The summed E-state index contributed by atoms with van der Waals surface area (Å²) in [6.45, 7) is 7.55. The number of allylic oxidation sites excluding steroid dienone is 1. The van der Waals surface area contributed by atoms with Crippen LogP contribution >= 0.6 is 0 Å². The molecule has 0 amide bonds. The van der Waals surface area contributed by atoms with Crippen molar-refractivity contribution in [3.8, 4) is 0 Å². The molecule has 0 spiro atoms. The van der Waals surface area contributed by atoms with Crippen LogP contribution in [0.4, 0.5) is 5.69 Å². The van der Waals surface area contributed by atoms with E-state index in [1.165, 1.54) is 16.8 Å². The van der Waals surface area contributed by atoms with Gasteiger partial charge in [0.1, 0.15) is 0 Å². The third kappa shape index (κ3) is 4.76. The minimum atomic E-state index is -4.24. The van der Waals surface area contributed by atoms with Crippen molar-refractivity contribution in [1.82, 2.24) is 0 Å². The lowest BCUT2D eigenvalue weighted by Crippen LogP contribution is -2.39. The molecule has 4 rings (SSSR count). The smallest absolute Gasteiger partial charge is 0.212 e. The molecule has 6 heteroatoms. The first kappa shape index (κ1) is 22.2. The number of aryl methyl sites for hydroxylation is 3. The van der Waals surface area contributed by atoms with Gasteiger partial charge in [0.05, 0.1) is 10.1 Å². The average Bonchev–Trinajstić information content (AvgIpc) is 2.73. The predicted molar refractivity (Wildman–Crippen MR) is 129 cm³/mol. The number of rotatable bonds is 6. The van der Waals surface area contributed by atoms with Crippen molar-refractivity contribution in [2.24, 2.45) is 0 Å². The minimum absolute atomic E-state index is 0.273. The molecular formula is C26H28N2O3S. The third-order valence-electron chi connectivity index (χ3n) is 5.83. The summed E-state index contributed by atoms with van der Waals surface area (Å²) in [6.07, 6.45) is 6.67. The van der Waals surface area contributed by atoms with E-state index in [1.807, 2.05) is 0 Å². The standard InChI is InChI=1S/C26H28N2O3S/c1-4-27-23(10-8-21-16-19(2)6-12-25(21)27)18-24-11-9-22-17-20(3)7-13-26(22)28(24)14-5-15-32(29,30)31/h6-13,16-18H,4-5,14-15H2,1-3H3. The normalized spacial score (nSPS) is 14.9. The fourth-order valence-electron chi connectivity index (χ4n) is 4.32. The van der Waals surface area contributed by atoms with Crippen molar-refractivity contribution in [3.05, 3.63) is 82.7 Å². The largest absolute Gasteiger partial charge is 0.748 e. The average molecular weight is 449 g/mol. The first-order valence-electron chi connectivity index (χ1n) is 10.9. The van der Waals surface area contributed by atoms with Crippen molar-refractivity contribution in [2.45, 2.75) is 33.7 Å². The summed E-state index contributed by atoms with van der Waals surface area (Å²) in [5.41, 5.74) is 7.83. The molecule has 0 aliphatic carbocycles. The summed E-state index contributed by atoms with van der Waals surface area (Å²) in [6, 6.07) is 16.9. The first-order chi connectivity index (χ1) is 15.2. The lowest BCUT2D eigenvalue weighted by molar-refractivity contribution is -0.673. The Balaban J connectivity index is 1.79. The van der Waals surface area contributed by atoms with Crippen LogP contribution in [0.15, 0.2) is 60.3 Å². The van der Waals surface area contributed by atoms with Crippen LogP contribution in [-0.2, 0) is 16.7 Å². The van der Waals surface area contributed by atoms with Gasteiger partial charge in [0, 0.05) is 53.7 Å². The van der Waals surface area contributed by atoms with Crippen molar-refractivity contribution in [3.63, 3.8) is 0 Å². The van der Waals surface area contributed by atoms with E-state index in [0.29, 0.717) is 6.54 Å². The summed E-state index contributed by atoms with van der Waals surface area (Å²) in [5, 5.41) is 1.09. The molecule has 1 aliphatic rings. The highest BCUT2D eigenvalue weighted by molar-refractivity contribution is 7.85. The van der Waals surface area contributed by atoms with Crippen LogP contribution in [0.2, 0.25) is 0 Å². The molecule has 0 saturated heterocycles. The van der Waals surface area contributed by atoms with Gasteiger partial charge in [-0.15, -0.1) is 0 Å². The number of benzene rings is 2. The summed E-state index contributed by atoms with van der Waals surface area (Å²) in [4.78, 5) is 2.28. The number of pyridine rings is 1. The van der Waals surface area contributed by atoms with Gasteiger partial charge >= 0.3 is 0 Å². The molecular weight excluding hydrogens is 420 g/mol. The van der Waals surface area contributed by atoms with E-state index < -0.39 is 10.1 Å². The Kier molecular flexibility index (Phi) is 6.17. The van der Waals surface area contributed by atoms with Crippen molar-refractivity contribution in [2.75, 3.05) is 17.2 Å². The summed E-state index contributed by atoms with van der Waals surface area (Å²) < 4.78 is 35.6. The second kappa shape index (κ2) is 8.88. The van der Waals surface area contributed by atoms with Gasteiger partial charge in [0.25, 0.3) is 0 Å². The molecule has 2 heterocycles. The van der Waals surface area contributed by atoms with Gasteiger partial charge in [-0.05, 0) is 56.7 Å².